The summed E-state index contributed by atoms with van der Waals surface area (Å²) in [7, 11) is 0. The quantitative estimate of drug-likeness (QED) is 0.632. The molecular formula is C22H20N2O5S. The van der Waals surface area contributed by atoms with Crippen molar-refractivity contribution in [2.45, 2.75) is 26.2 Å². The Hall–Kier alpha value is -3.39. The van der Waals surface area contributed by atoms with Gasteiger partial charge in [0.1, 0.15) is 0 Å². The Morgan fingerprint density at radius 3 is 2.40 bits per heavy atom. The molecule has 1 aliphatic rings. The molecule has 0 atom stereocenters. The van der Waals surface area contributed by atoms with Gasteiger partial charge in [0.05, 0.1) is 16.0 Å². The van der Waals surface area contributed by atoms with Crippen molar-refractivity contribution in [2.75, 3.05) is 5.32 Å². The highest BCUT2D eigenvalue weighted by atomic mass is 32.2. The zero-order valence-electron chi connectivity index (χ0n) is 16.6. The van der Waals surface area contributed by atoms with E-state index in [1.165, 1.54) is 12.1 Å². The van der Waals surface area contributed by atoms with E-state index < -0.39 is 23.0 Å². The third-order valence-corrected chi connectivity index (χ3v) is 5.26. The van der Waals surface area contributed by atoms with E-state index in [0.717, 1.165) is 17.3 Å². The van der Waals surface area contributed by atoms with Crippen LogP contribution in [0.15, 0.2) is 47.4 Å². The first-order valence-corrected chi connectivity index (χ1v) is 9.90. The van der Waals surface area contributed by atoms with Crippen LogP contribution in [0.5, 0.6) is 0 Å². The molecule has 1 aliphatic heterocycles. The third kappa shape index (κ3) is 4.77. The van der Waals surface area contributed by atoms with Crippen LogP contribution >= 0.6 is 11.8 Å². The summed E-state index contributed by atoms with van der Waals surface area (Å²) in [5, 5.41) is 14.0. The van der Waals surface area contributed by atoms with Crippen molar-refractivity contribution < 1.29 is 24.3 Å². The van der Waals surface area contributed by atoms with Crippen molar-refractivity contribution in [1.29, 1.82) is 0 Å². The number of nitrogens with one attached hydrogen (secondary N) is 2. The van der Waals surface area contributed by atoms with Gasteiger partial charge in [-0.3, -0.25) is 19.7 Å². The predicted molar refractivity (Wildman–Crippen MR) is 116 cm³/mol. The van der Waals surface area contributed by atoms with Gasteiger partial charge >= 0.3 is 5.97 Å². The molecule has 3 N–H and O–H groups in total. The topological polar surface area (TPSA) is 113 Å². The number of amides is 3. The van der Waals surface area contributed by atoms with Crippen molar-refractivity contribution in [3.63, 3.8) is 0 Å². The average Bonchev–Trinajstić information content (AvgIpc) is 2.97. The number of anilines is 1. The fourth-order valence-electron chi connectivity index (χ4n) is 2.86. The number of carboxylic acid groups (broad SMARTS) is 1. The Labute approximate surface area is 177 Å². The summed E-state index contributed by atoms with van der Waals surface area (Å²) in [5.41, 5.74) is 1.58. The summed E-state index contributed by atoms with van der Waals surface area (Å²) in [5.74, 6) is -2.20. The summed E-state index contributed by atoms with van der Waals surface area (Å²) in [6.07, 6.45) is 1.54. The second kappa shape index (κ2) is 8.16. The van der Waals surface area contributed by atoms with Gasteiger partial charge < -0.3 is 10.4 Å². The molecule has 1 saturated heterocycles. The molecule has 2 aromatic rings. The third-order valence-electron chi connectivity index (χ3n) is 4.44. The Kier molecular flexibility index (Phi) is 5.80. The van der Waals surface area contributed by atoms with E-state index in [-0.39, 0.29) is 21.4 Å². The van der Waals surface area contributed by atoms with Crippen molar-refractivity contribution in [2.24, 2.45) is 0 Å². The second-order valence-corrected chi connectivity index (χ2v) is 8.76. The molecule has 3 amide bonds. The standard InChI is InChI=1S/C22H20N2O5S/c1-22(2,3)13-7-8-15(16(11-13)20(27)28)18(25)23-14-6-4-5-12(9-14)10-17-19(26)24-21(29)30-17/h4-11H,1-3H3,(H,23,25)(H,27,28)(H,24,26,29). The van der Waals surface area contributed by atoms with Crippen LogP contribution in [0.1, 0.15) is 52.6 Å². The monoisotopic (exact) mass is 424 g/mol. The molecule has 0 saturated carbocycles. The summed E-state index contributed by atoms with van der Waals surface area (Å²) < 4.78 is 0. The van der Waals surface area contributed by atoms with Gasteiger partial charge in [0, 0.05) is 5.69 Å². The summed E-state index contributed by atoms with van der Waals surface area (Å²) in [4.78, 5) is 47.7. The first-order chi connectivity index (χ1) is 14.0. The number of thioether (sulfide) groups is 1. The molecular weight excluding hydrogens is 404 g/mol. The number of hydrogen-bond donors (Lipinski definition) is 3. The lowest BCUT2D eigenvalue weighted by Crippen LogP contribution is -2.19. The number of aromatic carboxylic acids is 1. The van der Waals surface area contributed by atoms with E-state index in [9.17, 15) is 24.3 Å². The van der Waals surface area contributed by atoms with Crippen LogP contribution in [0.2, 0.25) is 0 Å². The Morgan fingerprint density at radius 1 is 1.07 bits per heavy atom. The minimum absolute atomic E-state index is 0.0515. The van der Waals surface area contributed by atoms with Crippen molar-refractivity contribution >= 4 is 46.5 Å². The number of hydrogen-bond acceptors (Lipinski definition) is 5. The van der Waals surface area contributed by atoms with Crippen LogP contribution < -0.4 is 10.6 Å². The fraction of sp³-hybridized carbons (Fsp3) is 0.182. The Morgan fingerprint density at radius 2 is 1.80 bits per heavy atom. The highest BCUT2D eigenvalue weighted by molar-refractivity contribution is 8.18. The summed E-state index contributed by atoms with van der Waals surface area (Å²) in [6, 6.07) is 11.5. The van der Waals surface area contributed by atoms with Crippen LogP contribution in [0.3, 0.4) is 0 Å². The van der Waals surface area contributed by atoms with Crippen LogP contribution in [0, 0.1) is 0 Å². The summed E-state index contributed by atoms with van der Waals surface area (Å²) in [6.45, 7) is 5.89. The second-order valence-electron chi connectivity index (χ2n) is 7.75. The van der Waals surface area contributed by atoms with Gasteiger partial charge in [0.25, 0.3) is 17.1 Å². The number of carboxylic acids is 1. The van der Waals surface area contributed by atoms with Gasteiger partial charge in [-0.1, -0.05) is 39.0 Å². The predicted octanol–water partition coefficient (Wildman–Crippen LogP) is 4.26. The lowest BCUT2D eigenvalue weighted by molar-refractivity contribution is -0.115. The fourth-order valence-corrected chi connectivity index (χ4v) is 3.54. The number of imide groups is 1. The maximum Gasteiger partial charge on any atom is 0.336 e. The minimum Gasteiger partial charge on any atom is -0.478 e. The van der Waals surface area contributed by atoms with Crippen molar-refractivity contribution in [3.8, 4) is 0 Å². The maximum atomic E-state index is 12.7. The first-order valence-electron chi connectivity index (χ1n) is 9.09. The zero-order valence-corrected chi connectivity index (χ0v) is 17.4. The molecule has 7 nitrogen and oxygen atoms in total. The smallest absolute Gasteiger partial charge is 0.336 e. The molecule has 0 unspecified atom stereocenters. The van der Waals surface area contributed by atoms with Gasteiger partial charge in [-0.15, -0.1) is 0 Å². The zero-order chi connectivity index (χ0) is 22.1. The van der Waals surface area contributed by atoms with Gasteiger partial charge in [-0.25, -0.2) is 4.79 Å². The molecule has 1 heterocycles. The van der Waals surface area contributed by atoms with Gasteiger partial charge in [0.2, 0.25) is 0 Å². The molecule has 0 aromatic heterocycles. The molecule has 2 aromatic carbocycles. The molecule has 8 heteroatoms. The SMILES string of the molecule is CC(C)(C)c1ccc(C(=O)Nc2cccc(C=C3SC(=O)NC3=O)c2)c(C(=O)O)c1. The van der Waals surface area contributed by atoms with E-state index in [1.807, 2.05) is 20.8 Å². The Bertz CT molecular complexity index is 1100. The number of carbonyl (C=O) groups is 4. The van der Waals surface area contributed by atoms with Crippen molar-refractivity contribution in [3.05, 3.63) is 69.6 Å². The van der Waals surface area contributed by atoms with E-state index in [0.29, 0.717) is 11.3 Å². The lowest BCUT2D eigenvalue weighted by Gasteiger charge is -2.20. The number of carbonyl (C=O) groups excluding carboxylic acids is 3. The molecule has 0 spiro atoms. The van der Waals surface area contributed by atoms with Gasteiger partial charge in [-0.05, 0) is 58.6 Å². The maximum absolute atomic E-state index is 12.7. The summed E-state index contributed by atoms with van der Waals surface area (Å²) >= 11 is 0.802. The molecule has 0 bridgehead atoms. The highest BCUT2D eigenvalue weighted by Crippen LogP contribution is 2.27. The van der Waals surface area contributed by atoms with Crippen LogP contribution in [-0.2, 0) is 10.2 Å². The minimum atomic E-state index is -1.18. The molecule has 1 fully saturated rings. The lowest BCUT2D eigenvalue weighted by atomic mass is 9.85. The highest BCUT2D eigenvalue weighted by Gasteiger charge is 2.25. The van der Waals surface area contributed by atoms with E-state index in [2.05, 4.69) is 10.6 Å². The van der Waals surface area contributed by atoms with E-state index in [1.54, 1.807) is 36.4 Å². The van der Waals surface area contributed by atoms with Crippen LogP contribution in [-0.4, -0.2) is 28.1 Å². The normalized spacial score (nSPS) is 15.2. The van der Waals surface area contributed by atoms with Gasteiger partial charge in [-0.2, -0.15) is 0 Å². The van der Waals surface area contributed by atoms with Gasteiger partial charge in [0.15, 0.2) is 0 Å². The molecule has 30 heavy (non-hydrogen) atoms. The molecule has 3 rings (SSSR count). The number of benzene rings is 2. The van der Waals surface area contributed by atoms with Crippen molar-refractivity contribution in [1.82, 2.24) is 5.32 Å². The van der Waals surface area contributed by atoms with E-state index in [4.69, 9.17) is 0 Å². The number of rotatable bonds is 4. The average molecular weight is 424 g/mol. The van der Waals surface area contributed by atoms with Crippen LogP contribution in [0.25, 0.3) is 6.08 Å². The molecule has 0 radical (unpaired) electrons. The largest absolute Gasteiger partial charge is 0.478 e. The first kappa shape index (κ1) is 21.3. The Balaban J connectivity index is 1.86. The van der Waals surface area contributed by atoms with E-state index >= 15 is 0 Å². The molecule has 154 valence electrons. The molecule has 0 aliphatic carbocycles. The van der Waals surface area contributed by atoms with Crippen LogP contribution in [0.4, 0.5) is 10.5 Å².